The number of benzene rings is 1. The van der Waals surface area contributed by atoms with Gasteiger partial charge in [-0.3, -0.25) is 4.90 Å². The fraction of sp³-hybridized carbons (Fsp3) is 0.348. The second-order valence-electron chi connectivity index (χ2n) is 8.09. The number of anilines is 2. The van der Waals surface area contributed by atoms with Gasteiger partial charge in [0.05, 0.1) is 6.54 Å². The molecule has 0 atom stereocenters. The molecule has 2 aromatic heterocycles. The Bertz CT molecular complexity index is 1000. The molecule has 3 heterocycles. The van der Waals surface area contributed by atoms with Crippen molar-refractivity contribution in [1.29, 1.82) is 0 Å². The van der Waals surface area contributed by atoms with Gasteiger partial charge in [-0.25, -0.2) is 9.78 Å². The van der Waals surface area contributed by atoms with Crippen LogP contribution in [0, 0.1) is 5.92 Å². The van der Waals surface area contributed by atoms with Gasteiger partial charge in [-0.2, -0.15) is 0 Å². The van der Waals surface area contributed by atoms with Crippen molar-refractivity contribution in [2.45, 2.75) is 31.3 Å². The molecule has 1 spiro atoms. The van der Waals surface area contributed by atoms with E-state index in [0.717, 1.165) is 43.5 Å². The Morgan fingerprint density at radius 2 is 1.87 bits per heavy atom. The lowest BCUT2D eigenvalue weighted by Gasteiger charge is -2.35. The van der Waals surface area contributed by atoms with E-state index in [2.05, 4.69) is 15.5 Å². The molecule has 2 fully saturated rings. The Balaban J connectivity index is 0.00000231. The van der Waals surface area contributed by atoms with E-state index in [1.54, 1.807) is 11.1 Å². The first kappa shape index (κ1) is 21.2. The highest BCUT2D eigenvalue weighted by Gasteiger charge is 2.47. The predicted molar refractivity (Wildman–Crippen MR) is 120 cm³/mol. The van der Waals surface area contributed by atoms with Gasteiger partial charge in [0.1, 0.15) is 17.1 Å². The van der Waals surface area contributed by atoms with Gasteiger partial charge < -0.3 is 14.6 Å². The highest BCUT2D eigenvalue weighted by Crippen LogP contribution is 2.40. The zero-order chi connectivity index (χ0) is 20.4. The van der Waals surface area contributed by atoms with Gasteiger partial charge >= 0.3 is 6.09 Å². The van der Waals surface area contributed by atoms with Crippen LogP contribution in [0.1, 0.15) is 25.7 Å². The number of carbonyl (C=O) groups excluding carboxylic acids is 1. The molecule has 5 rings (SSSR count). The summed E-state index contributed by atoms with van der Waals surface area (Å²) in [5.41, 5.74) is 1.47. The van der Waals surface area contributed by atoms with Crippen LogP contribution in [0.25, 0.3) is 11.3 Å². The maximum absolute atomic E-state index is 12.4. The zero-order valence-corrected chi connectivity index (χ0v) is 17.9. The number of nitrogens with one attached hydrogen (secondary N) is 1. The predicted octanol–water partition coefficient (Wildman–Crippen LogP) is 5.16. The number of amides is 1. The number of carbonyl (C=O) groups is 1. The monoisotopic (exact) mass is 440 g/mol. The van der Waals surface area contributed by atoms with E-state index in [0.29, 0.717) is 24.2 Å². The van der Waals surface area contributed by atoms with Gasteiger partial charge in [0.25, 0.3) is 0 Å². The SMILES string of the molecule is Cl.O=C1OC2(CCC(CNc3cc(-c4ccccc4)no3)CC2)CN1c1ccccn1. The Hall–Kier alpha value is -3.06. The van der Waals surface area contributed by atoms with Crippen LogP contribution >= 0.6 is 12.4 Å². The first-order valence-corrected chi connectivity index (χ1v) is 10.4. The average molecular weight is 441 g/mol. The molecule has 162 valence electrons. The largest absolute Gasteiger partial charge is 0.441 e. The summed E-state index contributed by atoms with van der Waals surface area (Å²) in [5, 5.41) is 7.52. The molecule has 7 nitrogen and oxygen atoms in total. The molecule has 3 aromatic rings. The molecule has 2 aliphatic rings. The first-order valence-electron chi connectivity index (χ1n) is 10.4. The van der Waals surface area contributed by atoms with Crippen LogP contribution in [-0.2, 0) is 4.74 Å². The molecule has 1 N–H and O–H groups in total. The van der Waals surface area contributed by atoms with Crippen LogP contribution in [0.2, 0.25) is 0 Å². The molecule has 1 aliphatic heterocycles. The number of halogens is 1. The summed E-state index contributed by atoms with van der Waals surface area (Å²) >= 11 is 0. The summed E-state index contributed by atoms with van der Waals surface area (Å²) in [6.07, 6.45) is 5.12. The molecule has 1 aromatic carbocycles. The lowest BCUT2D eigenvalue weighted by atomic mass is 9.78. The maximum atomic E-state index is 12.4. The first-order chi connectivity index (χ1) is 14.7. The van der Waals surface area contributed by atoms with Crippen LogP contribution < -0.4 is 10.2 Å². The van der Waals surface area contributed by atoms with E-state index in [4.69, 9.17) is 9.26 Å². The molecule has 1 amide bonds. The van der Waals surface area contributed by atoms with E-state index in [9.17, 15) is 4.79 Å². The van der Waals surface area contributed by atoms with Gasteiger partial charge in [-0.15, -0.1) is 12.4 Å². The summed E-state index contributed by atoms with van der Waals surface area (Å²) in [7, 11) is 0. The van der Waals surface area contributed by atoms with Crippen molar-refractivity contribution < 1.29 is 14.1 Å². The topological polar surface area (TPSA) is 80.5 Å². The molecular formula is C23H25ClN4O3. The molecule has 31 heavy (non-hydrogen) atoms. The van der Waals surface area contributed by atoms with Gasteiger partial charge in [0.2, 0.25) is 5.88 Å². The van der Waals surface area contributed by atoms with Crippen molar-refractivity contribution >= 4 is 30.2 Å². The van der Waals surface area contributed by atoms with Crippen LogP contribution in [-0.4, -0.2) is 34.9 Å². The highest BCUT2D eigenvalue weighted by atomic mass is 35.5. The number of rotatable bonds is 5. The number of hydrogen-bond donors (Lipinski definition) is 1. The van der Waals surface area contributed by atoms with Gasteiger partial charge in [-0.1, -0.05) is 41.6 Å². The second kappa shape index (κ2) is 8.98. The maximum Gasteiger partial charge on any atom is 0.416 e. The minimum atomic E-state index is -0.391. The van der Waals surface area contributed by atoms with Crippen molar-refractivity contribution in [2.75, 3.05) is 23.3 Å². The number of aromatic nitrogens is 2. The van der Waals surface area contributed by atoms with Crippen LogP contribution in [0.3, 0.4) is 0 Å². The molecule has 1 saturated carbocycles. The summed E-state index contributed by atoms with van der Waals surface area (Å²) < 4.78 is 11.3. The lowest BCUT2D eigenvalue weighted by molar-refractivity contribution is 0.0148. The Kier molecular flexibility index (Phi) is 6.13. The minimum Gasteiger partial charge on any atom is -0.441 e. The van der Waals surface area contributed by atoms with Crippen LogP contribution in [0.5, 0.6) is 0 Å². The fourth-order valence-electron chi connectivity index (χ4n) is 4.33. The van der Waals surface area contributed by atoms with E-state index < -0.39 is 5.60 Å². The van der Waals surface area contributed by atoms with E-state index in [1.807, 2.05) is 54.6 Å². The van der Waals surface area contributed by atoms with E-state index in [1.165, 1.54) is 0 Å². The molecule has 0 radical (unpaired) electrons. The molecule has 0 unspecified atom stereocenters. The van der Waals surface area contributed by atoms with Crippen molar-refractivity contribution in [3.8, 4) is 11.3 Å². The molecule has 1 aliphatic carbocycles. The van der Waals surface area contributed by atoms with Crippen LogP contribution in [0.4, 0.5) is 16.5 Å². The third-order valence-corrected chi connectivity index (χ3v) is 6.06. The number of hydrogen-bond acceptors (Lipinski definition) is 6. The third-order valence-electron chi connectivity index (χ3n) is 6.06. The Labute approximate surface area is 187 Å². The molecule has 8 heteroatoms. The van der Waals surface area contributed by atoms with Crippen LogP contribution in [0.15, 0.2) is 65.3 Å². The summed E-state index contributed by atoms with van der Waals surface area (Å²) in [6, 6.07) is 17.5. The number of nitrogens with zero attached hydrogens (tertiary/aromatic N) is 3. The van der Waals surface area contributed by atoms with Crippen molar-refractivity contribution in [2.24, 2.45) is 5.92 Å². The highest BCUT2D eigenvalue weighted by molar-refractivity contribution is 5.89. The minimum absolute atomic E-state index is 0. The quantitative estimate of drug-likeness (QED) is 0.590. The average Bonchev–Trinajstić information content (AvgIpc) is 3.39. The second-order valence-corrected chi connectivity index (χ2v) is 8.09. The molecule has 1 saturated heterocycles. The van der Waals surface area contributed by atoms with Gasteiger partial charge in [0, 0.05) is 24.4 Å². The smallest absolute Gasteiger partial charge is 0.416 e. The van der Waals surface area contributed by atoms with Crippen molar-refractivity contribution in [3.63, 3.8) is 0 Å². The lowest BCUT2D eigenvalue weighted by Crippen LogP contribution is -2.39. The third kappa shape index (κ3) is 4.51. The Morgan fingerprint density at radius 3 is 2.61 bits per heavy atom. The summed E-state index contributed by atoms with van der Waals surface area (Å²) in [6.45, 7) is 1.39. The summed E-state index contributed by atoms with van der Waals surface area (Å²) in [5.74, 6) is 1.84. The molecular weight excluding hydrogens is 416 g/mol. The Morgan fingerprint density at radius 1 is 1.10 bits per heavy atom. The fourth-order valence-corrected chi connectivity index (χ4v) is 4.33. The number of ether oxygens (including phenoxy) is 1. The van der Waals surface area contributed by atoms with Crippen molar-refractivity contribution in [3.05, 3.63) is 60.8 Å². The van der Waals surface area contributed by atoms with E-state index in [-0.39, 0.29) is 18.5 Å². The van der Waals surface area contributed by atoms with Crippen molar-refractivity contribution in [1.82, 2.24) is 10.1 Å². The molecule has 0 bridgehead atoms. The standard InChI is InChI=1S/C23H24N4O3.ClH/c28-22-27(20-8-4-5-13-24-20)16-23(29-22)11-9-17(10-12-23)15-25-21-14-19(26-30-21)18-6-2-1-3-7-18;/h1-8,13-14,17,25H,9-12,15-16H2;1H. The van der Waals surface area contributed by atoms with Gasteiger partial charge in [0.15, 0.2) is 0 Å². The zero-order valence-electron chi connectivity index (χ0n) is 17.1. The normalized spacial score (nSPS) is 22.8. The number of pyridine rings is 1. The van der Waals surface area contributed by atoms with Gasteiger partial charge in [-0.05, 0) is 43.7 Å². The van der Waals surface area contributed by atoms with E-state index >= 15 is 0 Å². The summed E-state index contributed by atoms with van der Waals surface area (Å²) in [4.78, 5) is 18.3.